The molecule has 2 unspecified atom stereocenters. The molecule has 1 saturated heterocycles. The fraction of sp³-hybridized carbons (Fsp3) is 0.292. The number of carbonyl (C=O) groups is 2. The minimum atomic E-state index is -0.633. The number of anilines is 1. The molecule has 2 amide bonds. The Balaban J connectivity index is 1.37. The normalized spacial score (nSPS) is 16.7. The van der Waals surface area contributed by atoms with E-state index in [4.69, 9.17) is 9.26 Å². The molecule has 2 aromatic carbocycles. The maximum Gasteiger partial charge on any atom is 0.247 e. The van der Waals surface area contributed by atoms with Crippen molar-refractivity contribution in [3.8, 4) is 5.75 Å². The van der Waals surface area contributed by atoms with Gasteiger partial charge < -0.3 is 19.5 Å². The standard InChI is InChI=1S/C24H26N4O4/c1-17-14-21(27-32-17)26-24(30)23(18-8-4-2-5-9-18)25-19-15-22(29)28(16-19)12-13-31-20-10-6-3-7-11-20/h2-11,14,19,23,25H,12-13,15-16H2,1H3,(H,26,27,30). The first-order valence-electron chi connectivity index (χ1n) is 10.6. The molecule has 4 rings (SSSR count). The SMILES string of the molecule is Cc1cc(NC(=O)C(NC2CC(=O)N(CCOc3ccccc3)C2)c2ccccc2)no1. The van der Waals surface area contributed by atoms with Gasteiger partial charge in [-0.2, -0.15) is 0 Å². The lowest BCUT2D eigenvalue weighted by Gasteiger charge is -2.23. The first-order valence-corrected chi connectivity index (χ1v) is 10.6. The van der Waals surface area contributed by atoms with E-state index in [2.05, 4.69) is 15.8 Å². The van der Waals surface area contributed by atoms with Crippen LogP contribution >= 0.6 is 0 Å². The highest BCUT2D eigenvalue weighted by atomic mass is 16.5. The molecule has 3 aromatic rings. The number of hydrogen-bond donors (Lipinski definition) is 2. The third kappa shape index (κ3) is 5.53. The van der Waals surface area contributed by atoms with Gasteiger partial charge in [-0.25, -0.2) is 0 Å². The van der Waals surface area contributed by atoms with Crippen LogP contribution in [0.2, 0.25) is 0 Å². The zero-order chi connectivity index (χ0) is 22.3. The summed E-state index contributed by atoms with van der Waals surface area (Å²) >= 11 is 0. The second-order valence-corrected chi connectivity index (χ2v) is 7.72. The number of likely N-dealkylation sites (tertiary alicyclic amines) is 1. The van der Waals surface area contributed by atoms with Crippen molar-refractivity contribution in [3.05, 3.63) is 78.1 Å². The van der Waals surface area contributed by atoms with Crippen LogP contribution in [0, 0.1) is 6.92 Å². The second-order valence-electron chi connectivity index (χ2n) is 7.72. The number of rotatable bonds is 9. The topological polar surface area (TPSA) is 96.7 Å². The minimum Gasteiger partial charge on any atom is -0.492 e. The van der Waals surface area contributed by atoms with Gasteiger partial charge in [0.1, 0.15) is 24.2 Å². The second kappa shape index (κ2) is 10.1. The first-order chi connectivity index (χ1) is 15.6. The van der Waals surface area contributed by atoms with Crippen LogP contribution in [-0.2, 0) is 9.59 Å². The number of ether oxygens (including phenoxy) is 1. The van der Waals surface area contributed by atoms with Crippen LogP contribution in [0.15, 0.2) is 71.3 Å². The molecule has 0 bridgehead atoms. The summed E-state index contributed by atoms with van der Waals surface area (Å²) in [5, 5.41) is 9.97. The molecule has 2 atom stereocenters. The molecule has 8 heteroatoms. The number of para-hydroxylation sites is 1. The van der Waals surface area contributed by atoms with Gasteiger partial charge in [-0.3, -0.25) is 14.9 Å². The molecular weight excluding hydrogens is 408 g/mol. The average molecular weight is 434 g/mol. The molecule has 0 aliphatic carbocycles. The van der Waals surface area contributed by atoms with Crippen LogP contribution in [0.25, 0.3) is 0 Å². The van der Waals surface area contributed by atoms with Gasteiger partial charge in [-0.05, 0) is 24.6 Å². The fourth-order valence-electron chi connectivity index (χ4n) is 3.72. The Morgan fingerprint density at radius 3 is 2.59 bits per heavy atom. The van der Waals surface area contributed by atoms with Gasteiger partial charge in [0.2, 0.25) is 11.8 Å². The molecule has 1 fully saturated rings. The smallest absolute Gasteiger partial charge is 0.247 e. The van der Waals surface area contributed by atoms with E-state index in [-0.39, 0.29) is 17.9 Å². The summed E-state index contributed by atoms with van der Waals surface area (Å²) in [5.41, 5.74) is 0.809. The highest BCUT2D eigenvalue weighted by Gasteiger charge is 2.33. The van der Waals surface area contributed by atoms with E-state index in [1.165, 1.54) is 0 Å². The summed E-state index contributed by atoms with van der Waals surface area (Å²) in [7, 11) is 0. The Hall–Kier alpha value is -3.65. The average Bonchev–Trinajstić information content (AvgIpc) is 3.37. The van der Waals surface area contributed by atoms with Crippen molar-refractivity contribution >= 4 is 17.6 Å². The van der Waals surface area contributed by atoms with Crippen molar-refractivity contribution in [2.75, 3.05) is 25.0 Å². The lowest BCUT2D eigenvalue weighted by atomic mass is 10.0. The zero-order valence-electron chi connectivity index (χ0n) is 17.9. The predicted octanol–water partition coefficient (Wildman–Crippen LogP) is 2.93. The van der Waals surface area contributed by atoms with Crippen LogP contribution in [0.3, 0.4) is 0 Å². The van der Waals surface area contributed by atoms with E-state index in [1.807, 2.05) is 60.7 Å². The number of aromatic nitrogens is 1. The Morgan fingerprint density at radius 2 is 1.91 bits per heavy atom. The Morgan fingerprint density at radius 1 is 1.19 bits per heavy atom. The number of aryl methyl sites for hydroxylation is 1. The van der Waals surface area contributed by atoms with Gasteiger partial charge in [0.25, 0.3) is 0 Å². The molecule has 1 aliphatic heterocycles. The van der Waals surface area contributed by atoms with Crippen LogP contribution in [0.4, 0.5) is 5.82 Å². The quantitative estimate of drug-likeness (QED) is 0.538. The molecule has 0 spiro atoms. The lowest BCUT2D eigenvalue weighted by Crippen LogP contribution is -2.41. The van der Waals surface area contributed by atoms with Gasteiger partial charge in [-0.1, -0.05) is 53.7 Å². The van der Waals surface area contributed by atoms with Crippen molar-refractivity contribution in [3.63, 3.8) is 0 Å². The predicted molar refractivity (Wildman–Crippen MR) is 119 cm³/mol. The molecule has 8 nitrogen and oxygen atoms in total. The number of nitrogens with one attached hydrogen (secondary N) is 2. The molecule has 2 N–H and O–H groups in total. The van der Waals surface area contributed by atoms with Crippen molar-refractivity contribution in [2.45, 2.75) is 25.4 Å². The third-order valence-electron chi connectivity index (χ3n) is 5.26. The maximum absolute atomic E-state index is 13.0. The van der Waals surface area contributed by atoms with Crippen LogP contribution in [0.5, 0.6) is 5.75 Å². The lowest BCUT2D eigenvalue weighted by molar-refractivity contribution is -0.128. The van der Waals surface area contributed by atoms with E-state index < -0.39 is 6.04 Å². The number of nitrogens with zero attached hydrogens (tertiary/aromatic N) is 2. The largest absolute Gasteiger partial charge is 0.492 e. The summed E-state index contributed by atoms with van der Waals surface area (Å²) < 4.78 is 10.7. The van der Waals surface area contributed by atoms with E-state index in [0.29, 0.717) is 37.7 Å². The Bertz CT molecular complexity index is 1040. The number of hydrogen-bond acceptors (Lipinski definition) is 6. The summed E-state index contributed by atoms with van der Waals surface area (Å²) in [6.45, 7) is 3.18. The number of benzene rings is 2. The van der Waals surface area contributed by atoms with Gasteiger partial charge in [-0.15, -0.1) is 0 Å². The third-order valence-corrected chi connectivity index (χ3v) is 5.26. The van der Waals surface area contributed by atoms with Crippen LogP contribution < -0.4 is 15.4 Å². The Labute approximate surface area is 186 Å². The highest BCUT2D eigenvalue weighted by Crippen LogP contribution is 2.20. The molecule has 1 aromatic heterocycles. The van der Waals surface area contributed by atoms with Gasteiger partial charge in [0, 0.05) is 25.1 Å². The molecular formula is C24H26N4O4. The van der Waals surface area contributed by atoms with Crippen molar-refractivity contribution < 1.29 is 18.8 Å². The van der Waals surface area contributed by atoms with Gasteiger partial charge in [0.05, 0.1) is 6.54 Å². The number of amides is 2. The molecule has 166 valence electrons. The van der Waals surface area contributed by atoms with E-state index in [0.717, 1.165) is 11.3 Å². The summed E-state index contributed by atoms with van der Waals surface area (Å²) in [6.07, 6.45) is 0.324. The first kappa shape index (κ1) is 21.6. The highest BCUT2D eigenvalue weighted by molar-refractivity contribution is 5.95. The summed E-state index contributed by atoms with van der Waals surface area (Å²) in [4.78, 5) is 27.3. The minimum absolute atomic E-state index is 0.0403. The summed E-state index contributed by atoms with van der Waals surface area (Å²) in [6, 6.07) is 19.8. The van der Waals surface area contributed by atoms with E-state index >= 15 is 0 Å². The van der Waals surface area contributed by atoms with Gasteiger partial charge >= 0.3 is 0 Å². The van der Waals surface area contributed by atoms with Crippen molar-refractivity contribution in [2.24, 2.45) is 0 Å². The molecule has 2 heterocycles. The fourth-order valence-corrected chi connectivity index (χ4v) is 3.72. The Kier molecular flexibility index (Phi) is 6.81. The van der Waals surface area contributed by atoms with Crippen molar-refractivity contribution in [1.82, 2.24) is 15.4 Å². The van der Waals surface area contributed by atoms with Crippen LogP contribution in [-0.4, -0.2) is 47.6 Å². The number of carbonyl (C=O) groups excluding carboxylic acids is 2. The van der Waals surface area contributed by atoms with Crippen molar-refractivity contribution in [1.29, 1.82) is 0 Å². The molecule has 0 radical (unpaired) electrons. The monoisotopic (exact) mass is 434 g/mol. The van der Waals surface area contributed by atoms with Crippen LogP contribution in [0.1, 0.15) is 23.8 Å². The molecule has 32 heavy (non-hydrogen) atoms. The maximum atomic E-state index is 13.0. The zero-order valence-corrected chi connectivity index (χ0v) is 17.9. The van der Waals surface area contributed by atoms with E-state index in [9.17, 15) is 9.59 Å². The van der Waals surface area contributed by atoms with E-state index in [1.54, 1.807) is 17.9 Å². The summed E-state index contributed by atoms with van der Waals surface area (Å²) in [5.74, 6) is 1.52. The molecule has 0 saturated carbocycles. The van der Waals surface area contributed by atoms with Gasteiger partial charge in [0.15, 0.2) is 5.82 Å². The molecule has 1 aliphatic rings.